The van der Waals surface area contributed by atoms with Gasteiger partial charge in [-0.2, -0.15) is 0 Å². The van der Waals surface area contributed by atoms with Gasteiger partial charge in [-0.1, -0.05) is 37.6 Å². The SMILES string of the molecule is Cc1cc(OC[C@H](O)CN2C(=O)c3ccccc3C2=O)c(C(C)C)cc1Cl. The summed E-state index contributed by atoms with van der Waals surface area (Å²) in [5, 5.41) is 11.0. The molecule has 2 aromatic rings. The maximum atomic E-state index is 12.4. The molecule has 2 aromatic carbocycles. The number of amides is 2. The lowest BCUT2D eigenvalue weighted by Crippen LogP contribution is -2.39. The van der Waals surface area contributed by atoms with Crippen molar-refractivity contribution in [2.75, 3.05) is 13.2 Å². The van der Waals surface area contributed by atoms with Gasteiger partial charge in [0.25, 0.3) is 11.8 Å². The van der Waals surface area contributed by atoms with E-state index in [1.54, 1.807) is 24.3 Å². The first-order valence-corrected chi connectivity index (χ1v) is 9.23. The number of carbonyl (C=O) groups excluding carboxylic acids is 2. The van der Waals surface area contributed by atoms with Crippen LogP contribution in [0.25, 0.3) is 0 Å². The highest BCUT2D eigenvalue weighted by atomic mass is 35.5. The molecule has 0 aliphatic carbocycles. The average molecular weight is 388 g/mol. The molecule has 5 nitrogen and oxygen atoms in total. The van der Waals surface area contributed by atoms with Crippen LogP contribution in [-0.4, -0.2) is 41.1 Å². The molecule has 0 radical (unpaired) electrons. The molecule has 1 aliphatic rings. The molecule has 1 heterocycles. The number of rotatable bonds is 6. The highest BCUT2D eigenvalue weighted by Gasteiger charge is 2.36. The summed E-state index contributed by atoms with van der Waals surface area (Å²) in [6.07, 6.45) is -0.997. The molecule has 0 bridgehead atoms. The maximum Gasteiger partial charge on any atom is 0.261 e. The standard InChI is InChI=1S/C21H22ClNO4/c1-12(2)17-9-18(22)13(3)8-19(17)27-11-14(24)10-23-20(25)15-6-4-5-7-16(15)21(23)26/h4-9,12,14,24H,10-11H2,1-3H3/t14-/m1/s1. The normalized spacial score (nSPS) is 14.7. The van der Waals surface area contributed by atoms with Crippen molar-refractivity contribution in [3.63, 3.8) is 0 Å². The predicted molar refractivity (Wildman–Crippen MR) is 104 cm³/mol. The molecular weight excluding hydrogens is 366 g/mol. The maximum absolute atomic E-state index is 12.4. The van der Waals surface area contributed by atoms with Crippen LogP contribution in [-0.2, 0) is 0 Å². The monoisotopic (exact) mass is 387 g/mol. The molecule has 27 heavy (non-hydrogen) atoms. The first kappa shape index (κ1) is 19.4. The molecule has 2 amide bonds. The summed E-state index contributed by atoms with van der Waals surface area (Å²) in [4.78, 5) is 25.8. The molecule has 1 aliphatic heterocycles. The number of imide groups is 1. The highest BCUT2D eigenvalue weighted by molar-refractivity contribution is 6.31. The van der Waals surface area contributed by atoms with Gasteiger partial charge in [0.15, 0.2) is 0 Å². The second kappa shape index (κ2) is 7.71. The lowest BCUT2D eigenvalue weighted by atomic mass is 10.0. The number of hydrogen-bond acceptors (Lipinski definition) is 4. The smallest absolute Gasteiger partial charge is 0.261 e. The third kappa shape index (κ3) is 3.84. The Hall–Kier alpha value is -2.37. The van der Waals surface area contributed by atoms with Crippen LogP contribution in [0.15, 0.2) is 36.4 Å². The molecule has 0 spiro atoms. The van der Waals surface area contributed by atoms with Gasteiger partial charge in [0.1, 0.15) is 18.5 Å². The number of nitrogens with zero attached hydrogens (tertiary/aromatic N) is 1. The molecule has 1 atom stereocenters. The molecule has 142 valence electrons. The van der Waals surface area contributed by atoms with Gasteiger partial charge in [-0.15, -0.1) is 0 Å². The Kier molecular flexibility index (Phi) is 5.53. The molecule has 3 rings (SSSR count). The van der Waals surface area contributed by atoms with Crippen molar-refractivity contribution in [3.05, 3.63) is 63.7 Å². The number of carbonyl (C=O) groups is 2. The van der Waals surface area contributed by atoms with E-state index in [2.05, 4.69) is 0 Å². The van der Waals surface area contributed by atoms with Crippen LogP contribution in [0.2, 0.25) is 5.02 Å². The molecule has 0 aromatic heterocycles. The summed E-state index contributed by atoms with van der Waals surface area (Å²) in [6.45, 7) is 5.80. The minimum Gasteiger partial charge on any atom is -0.491 e. The number of aryl methyl sites for hydroxylation is 1. The quantitative estimate of drug-likeness (QED) is 0.765. The van der Waals surface area contributed by atoms with Crippen LogP contribution in [0.5, 0.6) is 5.75 Å². The lowest BCUT2D eigenvalue weighted by Gasteiger charge is -2.21. The van der Waals surface area contributed by atoms with E-state index in [1.165, 1.54) is 0 Å². The fourth-order valence-electron chi connectivity index (χ4n) is 3.10. The van der Waals surface area contributed by atoms with Gasteiger partial charge in [-0.3, -0.25) is 14.5 Å². The van der Waals surface area contributed by atoms with Gasteiger partial charge in [0.2, 0.25) is 0 Å². The Morgan fingerprint density at radius 3 is 2.26 bits per heavy atom. The number of hydrogen-bond donors (Lipinski definition) is 1. The average Bonchev–Trinajstić information content (AvgIpc) is 2.87. The van der Waals surface area contributed by atoms with Crippen LogP contribution < -0.4 is 4.74 Å². The fourth-order valence-corrected chi connectivity index (χ4v) is 3.27. The Morgan fingerprint density at radius 1 is 1.11 bits per heavy atom. The van der Waals surface area contributed by atoms with Crippen molar-refractivity contribution in [1.29, 1.82) is 0 Å². The van der Waals surface area contributed by atoms with Crippen LogP contribution in [0, 0.1) is 6.92 Å². The van der Waals surface area contributed by atoms with E-state index in [9.17, 15) is 14.7 Å². The van der Waals surface area contributed by atoms with Crippen LogP contribution in [0.3, 0.4) is 0 Å². The van der Waals surface area contributed by atoms with E-state index >= 15 is 0 Å². The largest absolute Gasteiger partial charge is 0.491 e. The van der Waals surface area contributed by atoms with Gasteiger partial charge in [-0.25, -0.2) is 0 Å². The number of ether oxygens (including phenoxy) is 1. The van der Waals surface area contributed by atoms with Gasteiger partial charge in [-0.05, 0) is 48.2 Å². The van der Waals surface area contributed by atoms with Crippen molar-refractivity contribution >= 4 is 23.4 Å². The molecule has 0 saturated carbocycles. The first-order chi connectivity index (χ1) is 12.8. The Bertz CT molecular complexity index is 859. The molecular formula is C21H22ClNO4. The Balaban J connectivity index is 1.68. The van der Waals surface area contributed by atoms with Gasteiger partial charge >= 0.3 is 0 Å². The third-order valence-corrected chi connectivity index (χ3v) is 5.02. The minimum atomic E-state index is -0.997. The Labute approximate surface area is 163 Å². The number of fused-ring (bicyclic) bond motifs is 1. The van der Waals surface area contributed by atoms with Crippen LogP contribution >= 0.6 is 11.6 Å². The van der Waals surface area contributed by atoms with Crippen LogP contribution in [0.4, 0.5) is 0 Å². The number of β-amino-alcohol motifs (C(OH)–C–C–N with tert-alkyl or cyclic N) is 1. The summed E-state index contributed by atoms with van der Waals surface area (Å²) in [6, 6.07) is 10.4. The minimum absolute atomic E-state index is 0.0335. The molecule has 1 N–H and O–H groups in total. The van der Waals surface area contributed by atoms with E-state index in [0.29, 0.717) is 21.9 Å². The van der Waals surface area contributed by atoms with Crippen molar-refractivity contribution in [2.24, 2.45) is 0 Å². The second-order valence-corrected chi connectivity index (χ2v) is 7.43. The number of aliphatic hydroxyl groups is 1. The first-order valence-electron chi connectivity index (χ1n) is 8.85. The molecule has 0 saturated heterocycles. The van der Waals surface area contributed by atoms with Crippen molar-refractivity contribution in [3.8, 4) is 5.75 Å². The van der Waals surface area contributed by atoms with Gasteiger partial charge < -0.3 is 9.84 Å². The van der Waals surface area contributed by atoms with E-state index in [1.807, 2.05) is 32.9 Å². The second-order valence-electron chi connectivity index (χ2n) is 7.03. The highest BCUT2D eigenvalue weighted by Crippen LogP contribution is 2.32. The summed E-state index contributed by atoms with van der Waals surface area (Å²) in [5.41, 5.74) is 2.56. The third-order valence-electron chi connectivity index (χ3n) is 4.62. The zero-order chi connectivity index (χ0) is 19.7. The van der Waals surface area contributed by atoms with E-state index in [-0.39, 0.29) is 30.9 Å². The summed E-state index contributed by atoms with van der Waals surface area (Å²) >= 11 is 6.20. The van der Waals surface area contributed by atoms with Crippen molar-refractivity contribution in [2.45, 2.75) is 32.8 Å². The van der Waals surface area contributed by atoms with Gasteiger partial charge in [0.05, 0.1) is 17.7 Å². The van der Waals surface area contributed by atoms with E-state index in [4.69, 9.17) is 16.3 Å². The van der Waals surface area contributed by atoms with Crippen LogP contribution in [0.1, 0.15) is 51.6 Å². The van der Waals surface area contributed by atoms with E-state index in [0.717, 1.165) is 16.0 Å². The summed E-state index contributed by atoms with van der Waals surface area (Å²) < 4.78 is 5.80. The summed E-state index contributed by atoms with van der Waals surface area (Å²) in [5.74, 6) is 0.0690. The molecule has 0 unspecified atom stereocenters. The molecule has 0 fully saturated rings. The van der Waals surface area contributed by atoms with Gasteiger partial charge in [0, 0.05) is 5.02 Å². The summed E-state index contributed by atoms with van der Waals surface area (Å²) in [7, 11) is 0. The van der Waals surface area contributed by atoms with Crippen molar-refractivity contribution in [1.82, 2.24) is 4.90 Å². The zero-order valence-electron chi connectivity index (χ0n) is 15.5. The number of benzene rings is 2. The molecule has 6 heteroatoms. The number of aliphatic hydroxyl groups excluding tert-OH is 1. The predicted octanol–water partition coefficient (Wildman–Crippen LogP) is 3.81. The Morgan fingerprint density at radius 2 is 1.70 bits per heavy atom. The zero-order valence-corrected chi connectivity index (χ0v) is 16.3. The topological polar surface area (TPSA) is 66.8 Å². The van der Waals surface area contributed by atoms with E-state index < -0.39 is 6.10 Å². The van der Waals surface area contributed by atoms with Crippen molar-refractivity contribution < 1.29 is 19.4 Å². The lowest BCUT2D eigenvalue weighted by molar-refractivity contribution is 0.0455. The fraction of sp³-hybridized carbons (Fsp3) is 0.333. The number of halogens is 1.